The maximum atomic E-state index is 11.6. The Labute approximate surface area is 161 Å². The number of oxime groups is 1. The van der Waals surface area contributed by atoms with Gasteiger partial charge in [0.25, 0.3) is 0 Å². The zero-order chi connectivity index (χ0) is 18.8. The SMILES string of the molecule is C[C@]12CC[C@H]3[C@@H](CC[C@@H]4CC(=NO)CC[C@@]43C)C1=CC=C2C1=CC(=O)OC1. The molecule has 5 rings (SSSR count). The van der Waals surface area contributed by atoms with Crippen LogP contribution in [0.15, 0.2) is 40.1 Å². The lowest BCUT2D eigenvalue weighted by atomic mass is 9.46. The summed E-state index contributed by atoms with van der Waals surface area (Å²) in [5, 5.41) is 12.8. The molecule has 0 saturated heterocycles. The van der Waals surface area contributed by atoms with E-state index in [1.165, 1.54) is 24.8 Å². The molecule has 5 aliphatic rings. The second-order valence-corrected chi connectivity index (χ2v) is 9.71. The minimum absolute atomic E-state index is 0.0660. The molecule has 144 valence electrons. The lowest BCUT2D eigenvalue weighted by Crippen LogP contribution is -2.51. The Kier molecular flexibility index (Phi) is 3.73. The van der Waals surface area contributed by atoms with Gasteiger partial charge in [-0.05, 0) is 73.7 Å². The number of hydrogen-bond donors (Lipinski definition) is 1. The molecule has 4 nitrogen and oxygen atoms in total. The molecule has 3 saturated carbocycles. The summed E-state index contributed by atoms with van der Waals surface area (Å²) in [7, 11) is 0. The monoisotopic (exact) mass is 367 g/mol. The molecule has 1 N–H and O–H groups in total. The molecule has 1 heterocycles. The molecule has 1 aliphatic heterocycles. The minimum Gasteiger partial charge on any atom is -0.458 e. The van der Waals surface area contributed by atoms with Crippen molar-refractivity contribution in [1.29, 1.82) is 0 Å². The highest BCUT2D eigenvalue weighted by Gasteiger charge is 2.56. The van der Waals surface area contributed by atoms with Crippen LogP contribution in [-0.4, -0.2) is 23.5 Å². The van der Waals surface area contributed by atoms with E-state index in [0.717, 1.165) is 42.9 Å². The first-order valence-electron chi connectivity index (χ1n) is 10.5. The van der Waals surface area contributed by atoms with E-state index in [1.54, 1.807) is 11.6 Å². The second kappa shape index (κ2) is 5.83. The number of rotatable bonds is 1. The summed E-state index contributed by atoms with van der Waals surface area (Å²) in [6.07, 6.45) is 14.2. The molecular weight excluding hydrogens is 338 g/mol. The van der Waals surface area contributed by atoms with Gasteiger partial charge >= 0.3 is 5.97 Å². The summed E-state index contributed by atoms with van der Waals surface area (Å²) in [4.78, 5) is 11.6. The summed E-state index contributed by atoms with van der Waals surface area (Å²) in [5.74, 6) is 1.82. The van der Waals surface area contributed by atoms with Crippen LogP contribution in [0.1, 0.15) is 58.8 Å². The Balaban J connectivity index is 1.43. The van der Waals surface area contributed by atoms with Crippen LogP contribution in [-0.2, 0) is 9.53 Å². The van der Waals surface area contributed by atoms with Crippen molar-refractivity contribution in [2.75, 3.05) is 6.61 Å². The molecule has 0 spiro atoms. The summed E-state index contributed by atoms with van der Waals surface area (Å²) in [6.45, 7) is 5.31. The Morgan fingerprint density at radius 3 is 2.78 bits per heavy atom. The number of nitrogens with zero attached hydrogens (tertiary/aromatic N) is 1. The van der Waals surface area contributed by atoms with Gasteiger partial charge in [0.1, 0.15) is 6.61 Å². The van der Waals surface area contributed by atoms with Crippen molar-refractivity contribution in [3.8, 4) is 0 Å². The van der Waals surface area contributed by atoms with Gasteiger partial charge in [-0.15, -0.1) is 0 Å². The highest BCUT2D eigenvalue weighted by molar-refractivity contribution is 5.87. The van der Waals surface area contributed by atoms with Crippen LogP contribution in [0.5, 0.6) is 0 Å². The highest BCUT2D eigenvalue weighted by Crippen LogP contribution is 2.65. The van der Waals surface area contributed by atoms with Crippen molar-refractivity contribution < 1.29 is 14.7 Å². The lowest BCUT2D eigenvalue weighted by molar-refractivity contribution is -0.134. The van der Waals surface area contributed by atoms with Crippen LogP contribution in [0.3, 0.4) is 0 Å². The number of ether oxygens (including phenoxy) is 1. The predicted molar refractivity (Wildman–Crippen MR) is 103 cm³/mol. The molecule has 0 radical (unpaired) electrons. The van der Waals surface area contributed by atoms with E-state index in [1.807, 2.05) is 0 Å². The number of fused-ring (bicyclic) bond motifs is 5. The Morgan fingerprint density at radius 2 is 2.04 bits per heavy atom. The van der Waals surface area contributed by atoms with Gasteiger partial charge in [0.05, 0.1) is 5.71 Å². The number of carbonyl (C=O) groups is 1. The van der Waals surface area contributed by atoms with Gasteiger partial charge in [-0.25, -0.2) is 4.79 Å². The fourth-order valence-corrected chi connectivity index (χ4v) is 7.14. The second-order valence-electron chi connectivity index (χ2n) is 9.71. The van der Waals surface area contributed by atoms with Crippen molar-refractivity contribution in [1.82, 2.24) is 0 Å². The van der Waals surface area contributed by atoms with E-state index in [0.29, 0.717) is 23.9 Å². The van der Waals surface area contributed by atoms with Gasteiger partial charge < -0.3 is 9.94 Å². The summed E-state index contributed by atoms with van der Waals surface area (Å²) in [5.41, 5.74) is 5.40. The molecule has 0 bridgehead atoms. The average molecular weight is 367 g/mol. The first-order chi connectivity index (χ1) is 13.0. The molecule has 0 aromatic carbocycles. The zero-order valence-electron chi connectivity index (χ0n) is 16.3. The first-order valence-corrected chi connectivity index (χ1v) is 10.5. The summed E-state index contributed by atoms with van der Waals surface area (Å²) >= 11 is 0. The molecule has 0 aromatic rings. The molecule has 3 fully saturated rings. The molecule has 0 unspecified atom stereocenters. The number of esters is 1. The van der Waals surface area contributed by atoms with Gasteiger partial charge in [0.15, 0.2) is 0 Å². The van der Waals surface area contributed by atoms with E-state index in [-0.39, 0.29) is 11.4 Å². The van der Waals surface area contributed by atoms with E-state index in [2.05, 4.69) is 31.2 Å². The van der Waals surface area contributed by atoms with Crippen molar-refractivity contribution in [3.63, 3.8) is 0 Å². The third kappa shape index (κ3) is 2.34. The largest absolute Gasteiger partial charge is 0.458 e. The molecule has 4 aliphatic carbocycles. The van der Waals surface area contributed by atoms with Gasteiger partial charge in [-0.3, -0.25) is 0 Å². The van der Waals surface area contributed by atoms with Crippen molar-refractivity contribution in [2.45, 2.75) is 58.8 Å². The van der Waals surface area contributed by atoms with Gasteiger partial charge in [0, 0.05) is 17.1 Å². The average Bonchev–Trinajstić information content (AvgIpc) is 3.23. The van der Waals surface area contributed by atoms with Crippen LogP contribution in [0.2, 0.25) is 0 Å². The molecular formula is C23H29NO3. The third-order valence-electron chi connectivity index (χ3n) is 8.69. The van der Waals surface area contributed by atoms with Crippen molar-refractivity contribution in [3.05, 3.63) is 34.9 Å². The van der Waals surface area contributed by atoms with Crippen molar-refractivity contribution in [2.24, 2.45) is 33.7 Å². The van der Waals surface area contributed by atoms with Crippen LogP contribution in [0, 0.1) is 28.6 Å². The molecule has 5 atom stereocenters. The molecule has 0 aromatic heterocycles. The maximum Gasteiger partial charge on any atom is 0.331 e. The maximum absolute atomic E-state index is 11.6. The lowest BCUT2D eigenvalue weighted by Gasteiger charge is -2.58. The fourth-order valence-electron chi connectivity index (χ4n) is 7.14. The number of allylic oxidation sites excluding steroid dienone is 3. The van der Waals surface area contributed by atoms with E-state index < -0.39 is 0 Å². The van der Waals surface area contributed by atoms with Gasteiger partial charge in [-0.2, -0.15) is 0 Å². The Bertz CT molecular complexity index is 819. The number of cyclic esters (lactones) is 1. The van der Waals surface area contributed by atoms with E-state index >= 15 is 0 Å². The number of carbonyl (C=O) groups excluding carboxylic acids is 1. The fraction of sp³-hybridized carbons (Fsp3) is 0.652. The zero-order valence-corrected chi connectivity index (χ0v) is 16.3. The van der Waals surface area contributed by atoms with E-state index in [4.69, 9.17) is 4.74 Å². The molecule has 4 heteroatoms. The standard InChI is InChI=1S/C23H29NO3/c1-22-9-7-16(24-26)12-15(22)3-4-17-19-6-5-18(14-11-21(25)27-13-14)23(19,2)10-8-20(17)22/h5-6,11,15,17,20,26H,3-4,7-10,12-13H2,1-2H3/t15-,17+,20+,22+,23-/m1/s1. The van der Waals surface area contributed by atoms with Crippen molar-refractivity contribution >= 4 is 11.7 Å². The smallest absolute Gasteiger partial charge is 0.331 e. The van der Waals surface area contributed by atoms with Crippen LogP contribution in [0.4, 0.5) is 0 Å². The topological polar surface area (TPSA) is 58.9 Å². The van der Waals surface area contributed by atoms with Crippen LogP contribution >= 0.6 is 0 Å². The number of hydrogen-bond acceptors (Lipinski definition) is 4. The molecule has 27 heavy (non-hydrogen) atoms. The predicted octanol–water partition coefficient (Wildman–Crippen LogP) is 4.80. The minimum atomic E-state index is -0.201. The Morgan fingerprint density at radius 1 is 1.19 bits per heavy atom. The third-order valence-corrected chi connectivity index (χ3v) is 8.69. The quantitative estimate of drug-likeness (QED) is 0.411. The first kappa shape index (κ1) is 17.3. The van der Waals surface area contributed by atoms with Gasteiger partial charge in [0.2, 0.25) is 0 Å². The highest BCUT2D eigenvalue weighted by atomic mass is 16.5. The molecule has 0 amide bonds. The van der Waals surface area contributed by atoms with E-state index in [9.17, 15) is 10.0 Å². The van der Waals surface area contributed by atoms with Crippen LogP contribution < -0.4 is 0 Å². The van der Waals surface area contributed by atoms with Crippen LogP contribution in [0.25, 0.3) is 0 Å². The normalized spacial score (nSPS) is 44.7. The van der Waals surface area contributed by atoms with Gasteiger partial charge in [-0.1, -0.05) is 36.7 Å². The Hall–Kier alpha value is -1.84. The summed E-state index contributed by atoms with van der Waals surface area (Å²) in [6, 6.07) is 0. The summed E-state index contributed by atoms with van der Waals surface area (Å²) < 4.78 is 5.19.